The van der Waals surface area contributed by atoms with E-state index in [4.69, 9.17) is 4.74 Å². The monoisotopic (exact) mass is 191 g/mol. The summed E-state index contributed by atoms with van der Waals surface area (Å²) in [5.41, 5.74) is 0.990. The van der Waals surface area contributed by atoms with E-state index in [1.165, 1.54) is 0 Å². The molecule has 1 heterocycles. The number of aryl methyl sites for hydroxylation is 1. The first-order valence-electron chi connectivity index (χ1n) is 4.78. The van der Waals surface area contributed by atoms with Crippen molar-refractivity contribution in [1.29, 1.82) is 0 Å². The summed E-state index contributed by atoms with van der Waals surface area (Å²) >= 11 is 0. The third-order valence-electron chi connectivity index (χ3n) is 1.37. The Balaban J connectivity index is 0.000000791. The van der Waals surface area contributed by atoms with Gasteiger partial charge in [0, 0.05) is 5.69 Å². The molecule has 0 bridgehead atoms. The maximum Gasteiger partial charge on any atom is 0.149 e. The van der Waals surface area contributed by atoms with Crippen LogP contribution in [0.3, 0.4) is 0 Å². The minimum atomic E-state index is 0.432. The Morgan fingerprint density at radius 2 is 2.07 bits per heavy atom. The zero-order valence-corrected chi connectivity index (χ0v) is 9.29. The zero-order valence-electron chi connectivity index (χ0n) is 9.29. The van der Waals surface area contributed by atoms with E-state index in [0.717, 1.165) is 11.4 Å². The van der Waals surface area contributed by atoms with E-state index in [2.05, 4.69) is 16.8 Å². The molecule has 0 N–H and O–H groups in total. The van der Waals surface area contributed by atoms with E-state index in [-0.39, 0.29) is 0 Å². The molecule has 0 aliphatic heterocycles. The summed E-state index contributed by atoms with van der Waals surface area (Å²) in [4.78, 5) is 4.08. The second-order valence-electron chi connectivity index (χ2n) is 2.35. The molecule has 2 heteroatoms. The van der Waals surface area contributed by atoms with Gasteiger partial charge >= 0.3 is 0 Å². The number of hydrogen-bond acceptors (Lipinski definition) is 2. The summed E-state index contributed by atoms with van der Waals surface area (Å²) in [6.07, 6.45) is 1.70. The summed E-state index contributed by atoms with van der Waals surface area (Å²) in [7, 11) is 0. The Morgan fingerprint density at radius 3 is 2.57 bits per heavy atom. The minimum absolute atomic E-state index is 0.432. The number of aromatic nitrogens is 1. The van der Waals surface area contributed by atoms with Crippen LogP contribution in [0.4, 0.5) is 0 Å². The van der Waals surface area contributed by atoms with Gasteiger partial charge in [-0.3, -0.25) is 4.98 Å². The summed E-state index contributed by atoms with van der Waals surface area (Å²) < 4.78 is 5.27. The fraction of sp³-hybridized carbons (Fsp3) is 0.417. The Kier molecular flexibility index (Phi) is 7.26. The van der Waals surface area contributed by atoms with Crippen LogP contribution in [0.1, 0.15) is 26.5 Å². The van der Waals surface area contributed by atoms with E-state index in [0.29, 0.717) is 6.61 Å². The van der Waals surface area contributed by atoms with Crippen molar-refractivity contribution in [2.45, 2.75) is 27.7 Å². The van der Waals surface area contributed by atoms with Gasteiger partial charge in [0.1, 0.15) is 12.4 Å². The highest BCUT2D eigenvalue weighted by Gasteiger charge is 1.90. The number of hydrogen-bond donors (Lipinski definition) is 0. The maximum atomic E-state index is 5.27. The fourth-order valence-corrected chi connectivity index (χ4v) is 0.731. The molecule has 0 fully saturated rings. The number of nitrogens with zero attached hydrogens (tertiary/aromatic N) is 1. The second kappa shape index (κ2) is 8.12. The molecule has 0 spiro atoms. The van der Waals surface area contributed by atoms with Gasteiger partial charge in [0.25, 0.3) is 0 Å². The van der Waals surface area contributed by atoms with Gasteiger partial charge in [-0.25, -0.2) is 0 Å². The first-order valence-corrected chi connectivity index (χ1v) is 4.78. The number of ether oxygens (including phenoxy) is 1. The van der Waals surface area contributed by atoms with Crippen LogP contribution in [0.25, 0.3) is 0 Å². The number of pyridine rings is 1. The van der Waals surface area contributed by atoms with E-state index >= 15 is 0 Å². The van der Waals surface area contributed by atoms with Gasteiger partial charge < -0.3 is 4.74 Å². The molecule has 0 unspecified atom stereocenters. The van der Waals surface area contributed by atoms with Gasteiger partial charge in [0.2, 0.25) is 0 Å². The molecular weight excluding hydrogens is 174 g/mol. The molecule has 0 radical (unpaired) electrons. The van der Waals surface area contributed by atoms with Crippen molar-refractivity contribution >= 4 is 0 Å². The average Bonchev–Trinajstić information content (AvgIpc) is 2.24. The van der Waals surface area contributed by atoms with Gasteiger partial charge in [-0.1, -0.05) is 19.8 Å². The summed E-state index contributed by atoms with van der Waals surface area (Å²) in [5, 5.41) is 0. The lowest BCUT2D eigenvalue weighted by Gasteiger charge is -2.00. The lowest BCUT2D eigenvalue weighted by molar-refractivity contribution is 0.368. The standard InChI is InChI=1S/C10H11NO.C2H6/c1-3-4-7-12-10-6-5-9(2)11-8-10;1-2/h5-6,8H,7H2,1-2H3;1-2H3. The highest BCUT2D eigenvalue weighted by molar-refractivity contribution is 5.19. The van der Waals surface area contributed by atoms with Gasteiger partial charge in [0.15, 0.2) is 0 Å². The van der Waals surface area contributed by atoms with Crippen LogP contribution < -0.4 is 4.74 Å². The molecule has 1 rings (SSSR count). The Hall–Kier alpha value is -1.49. The molecule has 0 aliphatic rings. The maximum absolute atomic E-state index is 5.27. The van der Waals surface area contributed by atoms with E-state index < -0.39 is 0 Å². The molecule has 14 heavy (non-hydrogen) atoms. The van der Waals surface area contributed by atoms with Crippen LogP contribution in [-0.2, 0) is 0 Å². The predicted molar refractivity (Wildman–Crippen MR) is 59.3 cm³/mol. The molecule has 0 aliphatic carbocycles. The van der Waals surface area contributed by atoms with Crippen molar-refractivity contribution in [3.63, 3.8) is 0 Å². The van der Waals surface area contributed by atoms with Gasteiger partial charge in [-0.05, 0) is 26.0 Å². The first-order chi connectivity index (χ1) is 6.83. The Labute approximate surface area is 86.3 Å². The molecule has 0 amide bonds. The fourth-order valence-electron chi connectivity index (χ4n) is 0.731. The largest absolute Gasteiger partial charge is 0.479 e. The van der Waals surface area contributed by atoms with Crippen LogP contribution >= 0.6 is 0 Å². The highest BCUT2D eigenvalue weighted by Crippen LogP contribution is 2.07. The molecule has 0 saturated heterocycles. The van der Waals surface area contributed by atoms with Crippen LogP contribution in [0.2, 0.25) is 0 Å². The van der Waals surface area contributed by atoms with Crippen molar-refractivity contribution in [2.24, 2.45) is 0 Å². The second-order valence-corrected chi connectivity index (χ2v) is 2.35. The molecule has 76 valence electrons. The summed E-state index contributed by atoms with van der Waals surface area (Å²) in [6, 6.07) is 3.80. The Morgan fingerprint density at radius 1 is 1.36 bits per heavy atom. The van der Waals surface area contributed by atoms with E-state index in [9.17, 15) is 0 Å². The lowest BCUT2D eigenvalue weighted by Crippen LogP contribution is -1.94. The molecule has 0 saturated carbocycles. The zero-order chi connectivity index (χ0) is 10.8. The van der Waals surface area contributed by atoms with Crippen molar-refractivity contribution in [3.8, 4) is 17.6 Å². The van der Waals surface area contributed by atoms with Crippen LogP contribution in [0, 0.1) is 18.8 Å². The van der Waals surface area contributed by atoms with E-state index in [1.807, 2.05) is 32.9 Å². The molecular formula is C12H17NO. The average molecular weight is 191 g/mol. The van der Waals surface area contributed by atoms with Crippen LogP contribution in [0.5, 0.6) is 5.75 Å². The minimum Gasteiger partial charge on any atom is -0.479 e. The van der Waals surface area contributed by atoms with Gasteiger partial charge in [-0.15, -0.1) is 5.92 Å². The topological polar surface area (TPSA) is 22.1 Å². The van der Waals surface area contributed by atoms with E-state index in [1.54, 1.807) is 13.1 Å². The lowest BCUT2D eigenvalue weighted by atomic mass is 10.4. The normalized spacial score (nSPS) is 7.71. The predicted octanol–water partition coefficient (Wildman–Crippen LogP) is 2.82. The van der Waals surface area contributed by atoms with Crippen LogP contribution in [0.15, 0.2) is 18.3 Å². The van der Waals surface area contributed by atoms with Crippen molar-refractivity contribution in [2.75, 3.05) is 6.61 Å². The smallest absolute Gasteiger partial charge is 0.149 e. The SMILES string of the molecule is CC.CC#CCOc1ccc(C)nc1. The van der Waals surface area contributed by atoms with Gasteiger partial charge in [-0.2, -0.15) is 0 Å². The molecule has 1 aromatic rings. The first kappa shape index (κ1) is 12.5. The van der Waals surface area contributed by atoms with Gasteiger partial charge in [0.05, 0.1) is 6.20 Å². The third kappa shape index (κ3) is 5.21. The summed E-state index contributed by atoms with van der Waals surface area (Å²) in [5.74, 6) is 6.33. The molecule has 0 atom stereocenters. The summed E-state index contributed by atoms with van der Waals surface area (Å²) in [6.45, 7) is 8.16. The molecule has 0 aromatic carbocycles. The van der Waals surface area contributed by atoms with Crippen molar-refractivity contribution < 1.29 is 4.74 Å². The third-order valence-corrected chi connectivity index (χ3v) is 1.37. The molecule has 2 nitrogen and oxygen atoms in total. The highest BCUT2D eigenvalue weighted by atomic mass is 16.5. The van der Waals surface area contributed by atoms with Crippen molar-refractivity contribution in [3.05, 3.63) is 24.0 Å². The number of rotatable bonds is 2. The molecule has 1 aromatic heterocycles. The Bertz CT molecular complexity index is 292. The van der Waals surface area contributed by atoms with Crippen LogP contribution in [-0.4, -0.2) is 11.6 Å². The van der Waals surface area contributed by atoms with Crippen molar-refractivity contribution in [1.82, 2.24) is 4.98 Å². The quantitative estimate of drug-likeness (QED) is 0.671.